The van der Waals surface area contributed by atoms with Crippen LogP contribution in [0.2, 0.25) is 0 Å². The number of amidine groups is 1. The van der Waals surface area contributed by atoms with Gasteiger partial charge in [-0.25, -0.2) is 5.84 Å². The Labute approximate surface area is 111 Å². The van der Waals surface area contributed by atoms with Gasteiger partial charge in [0.25, 0.3) is 0 Å². The smallest absolute Gasteiger partial charge is 0.260 e. The van der Waals surface area contributed by atoms with Crippen LogP contribution in [-0.2, 0) is 0 Å². The van der Waals surface area contributed by atoms with E-state index in [9.17, 15) is 13.2 Å². The van der Waals surface area contributed by atoms with Gasteiger partial charge in [0.1, 0.15) is 0 Å². The van der Waals surface area contributed by atoms with Crippen LogP contribution in [0, 0.1) is 0 Å². The number of anilines is 1. The molecule has 0 radical (unpaired) electrons. The maximum atomic E-state index is 12.3. The molecule has 8 heteroatoms. The molecule has 0 unspecified atom stereocenters. The zero-order valence-electron chi connectivity index (χ0n) is 9.15. The Morgan fingerprint density at radius 3 is 2.78 bits per heavy atom. The second-order valence-corrected chi connectivity index (χ2v) is 5.63. The van der Waals surface area contributed by atoms with Crippen molar-refractivity contribution in [3.05, 3.63) is 24.3 Å². The van der Waals surface area contributed by atoms with E-state index in [-0.39, 0.29) is 16.7 Å². The number of nitrogens with zero attached hydrogens (tertiary/aromatic N) is 2. The lowest BCUT2D eigenvalue weighted by Crippen LogP contribution is -2.34. The summed E-state index contributed by atoms with van der Waals surface area (Å²) in [6, 6.07) is 6.00. The summed E-state index contributed by atoms with van der Waals surface area (Å²) in [7, 11) is 0. The molecule has 0 fully saturated rings. The average Bonchev–Trinajstić information content (AvgIpc) is 2.79. The van der Waals surface area contributed by atoms with Crippen LogP contribution < -0.4 is 10.9 Å². The number of halogens is 3. The van der Waals surface area contributed by atoms with Crippen molar-refractivity contribution in [1.29, 1.82) is 0 Å². The van der Waals surface area contributed by atoms with E-state index < -0.39 is 5.51 Å². The minimum absolute atomic E-state index is 0.110. The number of alkyl halides is 3. The predicted octanol–water partition coefficient (Wildman–Crippen LogP) is 3.08. The molecular weight excluding hydrogens is 283 g/mol. The first-order valence-corrected chi connectivity index (χ1v) is 6.84. The number of hydrazine groups is 1. The Morgan fingerprint density at radius 1 is 1.39 bits per heavy atom. The molecule has 2 rings (SSSR count). The van der Waals surface area contributed by atoms with Crippen molar-refractivity contribution in [2.75, 3.05) is 17.3 Å². The van der Waals surface area contributed by atoms with Crippen molar-refractivity contribution < 1.29 is 13.2 Å². The predicted molar refractivity (Wildman–Crippen MR) is 69.8 cm³/mol. The highest BCUT2D eigenvalue weighted by Crippen LogP contribution is 2.38. The lowest BCUT2D eigenvalue weighted by molar-refractivity contribution is -0.0328. The fourth-order valence-corrected chi connectivity index (χ4v) is 2.80. The molecule has 0 amide bonds. The largest absolute Gasteiger partial charge is 0.446 e. The van der Waals surface area contributed by atoms with E-state index in [4.69, 9.17) is 5.84 Å². The van der Waals surface area contributed by atoms with Gasteiger partial charge in [0.2, 0.25) is 0 Å². The van der Waals surface area contributed by atoms with Crippen molar-refractivity contribution in [2.24, 2.45) is 10.8 Å². The molecule has 1 aromatic rings. The van der Waals surface area contributed by atoms with Gasteiger partial charge in [-0.3, -0.25) is 10.0 Å². The number of hydrogen-bond acceptors (Lipinski definition) is 5. The number of rotatable bonds is 2. The van der Waals surface area contributed by atoms with Crippen molar-refractivity contribution in [3.8, 4) is 0 Å². The third-order valence-corrected chi connectivity index (χ3v) is 3.80. The summed E-state index contributed by atoms with van der Waals surface area (Å²) in [4.78, 5) is 4.28. The zero-order chi connectivity index (χ0) is 13.2. The third kappa shape index (κ3) is 3.56. The quantitative estimate of drug-likeness (QED) is 0.517. The van der Waals surface area contributed by atoms with E-state index in [1.165, 1.54) is 28.9 Å². The van der Waals surface area contributed by atoms with Crippen LogP contribution in [0.3, 0.4) is 0 Å². The van der Waals surface area contributed by atoms with Crippen LogP contribution in [0.4, 0.5) is 18.9 Å². The van der Waals surface area contributed by atoms with E-state index in [0.29, 0.717) is 17.4 Å². The standard InChI is InChI=1S/C10H10F3N3S2/c11-10(12,13)18-8-3-1-2-7(6-8)16(14)9-15-4-5-17-9/h1-3,6H,4-5,14H2. The van der Waals surface area contributed by atoms with E-state index in [2.05, 4.69) is 4.99 Å². The van der Waals surface area contributed by atoms with Crippen molar-refractivity contribution in [1.82, 2.24) is 0 Å². The van der Waals surface area contributed by atoms with Crippen LogP contribution in [0.5, 0.6) is 0 Å². The Kier molecular flexibility index (Phi) is 4.08. The van der Waals surface area contributed by atoms with Crippen LogP contribution in [0.1, 0.15) is 0 Å². The molecule has 0 saturated heterocycles. The van der Waals surface area contributed by atoms with Gasteiger partial charge in [0.15, 0.2) is 5.17 Å². The molecule has 2 N–H and O–H groups in total. The molecule has 1 heterocycles. The average molecular weight is 293 g/mol. The molecule has 0 bridgehead atoms. The number of thioether (sulfide) groups is 2. The van der Waals surface area contributed by atoms with Crippen molar-refractivity contribution in [3.63, 3.8) is 0 Å². The van der Waals surface area contributed by atoms with Gasteiger partial charge in [-0.05, 0) is 30.0 Å². The van der Waals surface area contributed by atoms with Gasteiger partial charge in [0, 0.05) is 10.6 Å². The maximum absolute atomic E-state index is 12.3. The minimum Gasteiger partial charge on any atom is -0.260 e. The van der Waals surface area contributed by atoms with Crippen LogP contribution in [0.25, 0.3) is 0 Å². The molecule has 0 saturated carbocycles. The van der Waals surface area contributed by atoms with Crippen LogP contribution >= 0.6 is 23.5 Å². The SMILES string of the molecule is NN(C1=NCCS1)c1cccc(SC(F)(F)F)c1. The lowest BCUT2D eigenvalue weighted by Gasteiger charge is -2.18. The van der Waals surface area contributed by atoms with Crippen LogP contribution in [-0.4, -0.2) is 23.0 Å². The minimum atomic E-state index is -4.29. The Balaban J connectivity index is 2.16. The Hall–Kier alpha value is -0.860. The maximum Gasteiger partial charge on any atom is 0.446 e. The van der Waals surface area contributed by atoms with Gasteiger partial charge in [-0.2, -0.15) is 13.2 Å². The molecule has 0 aromatic heterocycles. The van der Waals surface area contributed by atoms with Gasteiger partial charge >= 0.3 is 5.51 Å². The summed E-state index contributed by atoms with van der Waals surface area (Å²) in [5.41, 5.74) is -3.80. The summed E-state index contributed by atoms with van der Waals surface area (Å²) in [6.07, 6.45) is 0. The second-order valence-electron chi connectivity index (χ2n) is 3.43. The van der Waals surface area contributed by atoms with E-state index in [0.717, 1.165) is 5.75 Å². The highest BCUT2D eigenvalue weighted by atomic mass is 32.2. The second kappa shape index (κ2) is 5.41. The van der Waals surface area contributed by atoms with Crippen molar-refractivity contribution in [2.45, 2.75) is 10.4 Å². The first kappa shape index (κ1) is 13.6. The number of hydrogen-bond donors (Lipinski definition) is 1. The molecule has 0 spiro atoms. The lowest BCUT2D eigenvalue weighted by atomic mass is 10.3. The molecular formula is C10H10F3N3S2. The summed E-state index contributed by atoms with van der Waals surface area (Å²) in [6.45, 7) is 0.685. The van der Waals surface area contributed by atoms with Gasteiger partial charge in [-0.1, -0.05) is 17.8 Å². The van der Waals surface area contributed by atoms with Crippen LogP contribution in [0.15, 0.2) is 34.2 Å². The Morgan fingerprint density at radius 2 is 2.17 bits per heavy atom. The molecule has 0 aliphatic carbocycles. The normalized spacial score (nSPS) is 15.7. The molecule has 98 valence electrons. The molecule has 1 aliphatic rings. The number of nitrogens with two attached hydrogens (primary N) is 1. The van der Waals surface area contributed by atoms with Gasteiger partial charge in [0.05, 0.1) is 12.2 Å². The fourth-order valence-electron chi connectivity index (χ4n) is 1.41. The third-order valence-electron chi connectivity index (χ3n) is 2.10. The van der Waals surface area contributed by atoms with Gasteiger partial charge < -0.3 is 0 Å². The van der Waals surface area contributed by atoms with E-state index in [1.807, 2.05) is 0 Å². The zero-order valence-corrected chi connectivity index (χ0v) is 10.8. The van der Waals surface area contributed by atoms with Gasteiger partial charge in [-0.15, -0.1) is 0 Å². The molecule has 0 atom stereocenters. The molecule has 18 heavy (non-hydrogen) atoms. The summed E-state index contributed by atoms with van der Waals surface area (Å²) >= 11 is 1.33. The highest BCUT2D eigenvalue weighted by molar-refractivity contribution is 8.14. The molecule has 1 aliphatic heterocycles. The Bertz CT molecular complexity index is 462. The molecule has 1 aromatic carbocycles. The topological polar surface area (TPSA) is 41.6 Å². The van der Waals surface area contributed by atoms with E-state index >= 15 is 0 Å². The monoisotopic (exact) mass is 293 g/mol. The first-order chi connectivity index (χ1) is 8.46. The number of aliphatic imine (C=N–C) groups is 1. The summed E-state index contributed by atoms with van der Waals surface area (Å²) < 4.78 is 36.8. The van der Waals surface area contributed by atoms with E-state index in [1.54, 1.807) is 12.1 Å². The fraction of sp³-hybridized carbons (Fsp3) is 0.300. The van der Waals surface area contributed by atoms with Crippen molar-refractivity contribution >= 4 is 34.4 Å². The highest BCUT2D eigenvalue weighted by Gasteiger charge is 2.29. The summed E-state index contributed by atoms with van der Waals surface area (Å²) in [5, 5.41) is 1.95. The first-order valence-electron chi connectivity index (χ1n) is 5.03. The number of benzene rings is 1. The summed E-state index contributed by atoms with van der Waals surface area (Å²) in [5.74, 6) is 6.67. The molecule has 3 nitrogen and oxygen atoms in total.